The lowest BCUT2D eigenvalue weighted by Gasteiger charge is -2.34. The second-order valence-electron chi connectivity index (χ2n) is 6.81. The molecule has 0 saturated carbocycles. The molecule has 0 aliphatic rings. The number of carbonyl (C=O) groups excluding carboxylic acids is 2. The van der Waals surface area contributed by atoms with Crippen molar-refractivity contribution in [2.75, 3.05) is 7.11 Å². The Bertz CT molecular complexity index is 520. The standard InChI is InChI=1S/C18H27NO4/c1-13(2)15(16(20)22-6)19(17(21)23-18(3,4)5)12-14-10-8-7-9-11-14/h7-11,13,15H,12H2,1-6H3/t15-/m0/s1. The van der Waals surface area contributed by atoms with Gasteiger partial charge in [-0.15, -0.1) is 0 Å². The maximum atomic E-state index is 12.6. The zero-order valence-electron chi connectivity index (χ0n) is 14.8. The van der Waals surface area contributed by atoms with Crippen molar-refractivity contribution in [3.05, 3.63) is 35.9 Å². The smallest absolute Gasteiger partial charge is 0.411 e. The number of hydrogen-bond acceptors (Lipinski definition) is 4. The van der Waals surface area contributed by atoms with E-state index in [-0.39, 0.29) is 12.5 Å². The van der Waals surface area contributed by atoms with Gasteiger partial charge in [0, 0.05) is 6.54 Å². The molecule has 0 radical (unpaired) electrons. The van der Waals surface area contributed by atoms with Gasteiger partial charge in [-0.2, -0.15) is 0 Å². The van der Waals surface area contributed by atoms with Gasteiger partial charge in [0.05, 0.1) is 7.11 Å². The molecule has 0 aliphatic heterocycles. The Labute approximate surface area is 138 Å². The fourth-order valence-corrected chi connectivity index (χ4v) is 2.26. The first kappa shape index (κ1) is 19.0. The molecule has 0 unspecified atom stereocenters. The van der Waals surface area contributed by atoms with Crippen LogP contribution in [0.3, 0.4) is 0 Å². The number of amides is 1. The van der Waals surface area contributed by atoms with Gasteiger partial charge in [-0.05, 0) is 32.3 Å². The highest BCUT2D eigenvalue weighted by Crippen LogP contribution is 2.20. The molecule has 0 aliphatic carbocycles. The van der Waals surface area contributed by atoms with E-state index in [0.29, 0.717) is 0 Å². The molecule has 5 nitrogen and oxygen atoms in total. The summed E-state index contributed by atoms with van der Waals surface area (Å²) in [7, 11) is 1.33. The summed E-state index contributed by atoms with van der Waals surface area (Å²) in [6, 6.07) is 8.81. The molecule has 1 atom stereocenters. The van der Waals surface area contributed by atoms with Crippen molar-refractivity contribution in [1.82, 2.24) is 4.90 Å². The maximum Gasteiger partial charge on any atom is 0.411 e. The molecular formula is C18H27NO4. The zero-order chi connectivity index (χ0) is 17.6. The average molecular weight is 321 g/mol. The van der Waals surface area contributed by atoms with Gasteiger partial charge in [0.2, 0.25) is 0 Å². The van der Waals surface area contributed by atoms with Crippen LogP contribution in [0.4, 0.5) is 4.79 Å². The number of carbonyl (C=O) groups is 2. The van der Waals surface area contributed by atoms with Crippen molar-refractivity contribution >= 4 is 12.1 Å². The number of hydrogen-bond donors (Lipinski definition) is 0. The molecule has 0 fully saturated rings. The number of ether oxygens (including phenoxy) is 2. The van der Waals surface area contributed by atoms with E-state index in [4.69, 9.17) is 9.47 Å². The van der Waals surface area contributed by atoms with E-state index in [9.17, 15) is 9.59 Å². The maximum absolute atomic E-state index is 12.6. The first-order valence-corrected chi connectivity index (χ1v) is 7.77. The molecule has 0 saturated heterocycles. The molecule has 23 heavy (non-hydrogen) atoms. The summed E-state index contributed by atoms with van der Waals surface area (Å²) >= 11 is 0. The Morgan fingerprint density at radius 1 is 1.13 bits per heavy atom. The normalized spacial score (nSPS) is 12.7. The van der Waals surface area contributed by atoms with Crippen molar-refractivity contribution in [1.29, 1.82) is 0 Å². The van der Waals surface area contributed by atoms with Crippen molar-refractivity contribution in [3.63, 3.8) is 0 Å². The largest absolute Gasteiger partial charge is 0.467 e. The lowest BCUT2D eigenvalue weighted by atomic mass is 10.0. The zero-order valence-corrected chi connectivity index (χ0v) is 14.8. The van der Waals surface area contributed by atoms with E-state index in [1.54, 1.807) is 20.8 Å². The van der Waals surface area contributed by atoms with Crippen LogP contribution in [0, 0.1) is 5.92 Å². The van der Waals surface area contributed by atoms with E-state index < -0.39 is 23.7 Å². The van der Waals surface area contributed by atoms with Gasteiger partial charge in [0.1, 0.15) is 11.6 Å². The first-order chi connectivity index (χ1) is 10.7. The molecule has 1 amide bonds. The third-order valence-electron chi connectivity index (χ3n) is 3.23. The highest BCUT2D eigenvalue weighted by molar-refractivity contribution is 5.81. The van der Waals surface area contributed by atoms with E-state index in [0.717, 1.165) is 5.56 Å². The van der Waals surface area contributed by atoms with Crippen LogP contribution in [0.2, 0.25) is 0 Å². The lowest BCUT2D eigenvalue weighted by molar-refractivity contribution is -0.148. The van der Waals surface area contributed by atoms with Crippen molar-refractivity contribution in [2.45, 2.75) is 52.8 Å². The van der Waals surface area contributed by atoms with Crippen LogP contribution in [0.25, 0.3) is 0 Å². The predicted octanol–water partition coefficient (Wildman–Crippen LogP) is 3.62. The second-order valence-corrected chi connectivity index (χ2v) is 6.81. The van der Waals surface area contributed by atoms with Crippen LogP contribution in [-0.2, 0) is 20.8 Å². The van der Waals surface area contributed by atoms with Crippen LogP contribution in [0.15, 0.2) is 30.3 Å². The Morgan fingerprint density at radius 2 is 1.70 bits per heavy atom. The van der Waals surface area contributed by atoms with Crippen molar-refractivity contribution < 1.29 is 19.1 Å². The van der Waals surface area contributed by atoms with E-state index >= 15 is 0 Å². The summed E-state index contributed by atoms with van der Waals surface area (Å²) < 4.78 is 10.4. The number of esters is 1. The summed E-state index contributed by atoms with van der Waals surface area (Å²) in [6.07, 6.45) is -0.523. The summed E-state index contributed by atoms with van der Waals surface area (Å²) in [4.78, 5) is 26.3. The van der Waals surface area contributed by atoms with Gasteiger partial charge in [-0.3, -0.25) is 4.90 Å². The Hall–Kier alpha value is -2.04. The average Bonchev–Trinajstić information content (AvgIpc) is 2.45. The molecule has 5 heteroatoms. The quantitative estimate of drug-likeness (QED) is 0.777. The highest BCUT2D eigenvalue weighted by atomic mass is 16.6. The molecule has 1 aromatic carbocycles. The molecule has 0 bridgehead atoms. The molecule has 0 aromatic heterocycles. The Morgan fingerprint density at radius 3 is 2.13 bits per heavy atom. The van der Waals surface area contributed by atoms with E-state index in [1.807, 2.05) is 44.2 Å². The molecule has 128 valence electrons. The van der Waals surface area contributed by atoms with Gasteiger partial charge in [0.15, 0.2) is 0 Å². The number of benzene rings is 1. The fraction of sp³-hybridized carbons (Fsp3) is 0.556. The van der Waals surface area contributed by atoms with Crippen LogP contribution in [-0.4, -0.2) is 35.7 Å². The minimum atomic E-state index is -0.699. The van der Waals surface area contributed by atoms with Crippen molar-refractivity contribution in [2.24, 2.45) is 5.92 Å². The predicted molar refractivity (Wildman–Crippen MR) is 88.9 cm³/mol. The highest BCUT2D eigenvalue weighted by Gasteiger charge is 2.35. The SMILES string of the molecule is COC(=O)[C@H](C(C)C)N(Cc1ccccc1)C(=O)OC(C)(C)C. The van der Waals surface area contributed by atoms with Gasteiger partial charge in [0.25, 0.3) is 0 Å². The minimum Gasteiger partial charge on any atom is -0.467 e. The fourth-order valence-electron chi connectivity index (χ4n) is 2.26. The van der Waals surface area contributed by atoms with Gasteiger partial charge < -0.3 is 9.47 Å². The Kier molecular flexibility index (Phi) is 6.61. The third kappa shape index (κ3) is 5.93. The summed E-state index contributed by atoms with van der Waals surface area (Å²) in [5.41, 5.74) is 0.289. The molecule has 0 N–H and O–H groups in total. The van der Waals surface area contributed by atoms with Crippen LogP contribution in [0.1, 0.15) is 40.2 Å². The van der Waals surface area contributed by atoms with E-state index in [2.05, 4.69) is 0 Å². The van der Waals surface area contributed by atoms with Gasteiger partial charge in [-0.25, -0.2) is 9.59 Å². The number of methoxy groups -OCH3 is 1. The van der Waals surface area contributed by atoms with Gasteiger partial charge in [-0.1, -0.05) is 44.2 Å². The summed E-state index contributed by atoms with van der Waals surface area (Å²) in [6.45, 7) is 9.44. The summed E-state index contributed by atoms with van der Waals surface area (Å²) in [5.74, 6) is -0.541. The molecule has 0 heterocycles. The molecule has 1 rings (SSSR count). The lowest BCUT2D eigenvalue weighted by Crippen LogP contribution is -2.49. The van der Waals surface area contributed by atoms with Crippen LogP contribution < -0.4 is 0 Å². The minimum absolute atomic E-state index is 0.0984. The summed E-state index contributed by atoms with van der Waals surface area (Å²) in [5, 5.41) is 0. The Balaban J connectivity index is 3.13. The number of nitrogens with zero attached hydrogens (tertiary/aromatic N) is 1. The van der Waals surface area contributed by atoms with Crippen molar-refractivity contribution in [3.8, 4) is 0 Å². The van der Waals surface area contributed by atoms with Gasteiger partial charge >= 0.3 is 12.1 Å². The van der Waals surface area contributed by atoms with Crippen LogP contribution >= 0.6 is 0 Å². The first-order valence-electron chi connectivity index (χ1n) is 7.77. The molecule has 1 aromatic rings. The van der Waals surface area contributed by atoms with E-state index in [1.165, 1.54) is 12.0 Å². The molecule has 0 spiro atoms. The monoisotopic (exact) mass is 321 g/mol. The number of rotatable bonds is 5. The van der Waals surface area contributed by atoms with Crippen LogP contribution in [0.5, 0.6) is 0 Å². The second kappa shape index (κ2) is 7.99. The topological polar surface area (TPSA) is 55.8 Å². The molecular weight excluding hydrogens is 294 g/mol. The third-order valence-corrected chi connectivity index (χ3v) is 3.23.